The van der Waals surface area contributed by atoms with Gasteiger partial charge in [0, 0.05) is 35.1 Å². The van der Waals surface area contributed by atoms with Crippen molar-refractivity contribution in [1.29, 1.82) is 0 Å². The number of benzene rings is 4. The van der Waals surface area contributed by atoms with Gasteiger partial charge in [-0.15, -0.1) is 0 Å². The Kier molecular flexibility index (Phi) is 11.6. The summed E-state index contributed by atoms with van der Waals surface area (Å²) in [6.07, 6.45) is 0.771. The number of halogens is 3. The molecule has 45 heavy (non-hydrogen) atoms. The Hall–Kier alpha value is -3.92. The van der Waals surface area contributed by atoms with Crippen LogP contribution in [-0.4, -0.2) is 44.3 Å². The van der Waals surface area contributed by atoms with Crippen LogP contribution in [0.25, 0.3) is 0 Å². The number of anilines is 1. The van der Waals surface area contributed by atoms with Crippen molar-refractivity contribution in [2.45, 2.75) is 44.2 Å². The Morgan fingerprint density at radius 2 is 1.51 bits per heavy atom. The molecule has 11 heteroatoms. The van der Waals surface area contributed by atoms with Crippen LogP contribution in [0.1, 0.15) is 30.0 Å². The lowest BCUT2D eigenvalue weighted by molar-refractivity contribution is -0.140. The maximum atomic E-state index is 15.0. The fourth-order valence-corrected chi connectivity index (χ4v) is 6.69. The maximum absolute atomic E-state index is 15.0. The van der Waals surface area contributed by atoms with Crippen molar-refractivity contribution >= 4 is 50.7 Å². The second-order valence-corrected chi connectivity index (χ2v) is 13.3. The van der Waals surface area contributed by atoms with E-state index in [1.54, 1.807) is 18.2 Å². The van der Waals surface area contributed by atoms with E-state index in [-0.39, 0.29) is 39.2 Å². The second kappa shape index (κ2) is 15.4. The predicted octanol–water partition coefficient (Wildman–Crippen LogP) is 6.80. The molecule has 7 nitrogen and oxygen atoms in total. The number of hydrogen-bond acceptors (Lipinski definition) is 4. The Balaban J connectivity index is 1.83. The topological polar surface area (TPSA) is 86.8 Å². The predicted molar refractivity (Wildman–Crippen MR) is 176 cm³/mol. The lowest BCUT2D eigenvalue weighted by Crippen LogP contribution is -2.53. The lowest BCUT2D eigenvalue weighted by atomic mass is 10.0. The molecule has 4 aromatic carbocycles. The van der Waals surface area contributed by atoms with Gasteiger partial charge in [0.2, 0.25) is 11.8 Å². The van der Waals surface area contributed by atoms with E-state index in [9.17, 15) is 22.4 Å². The number of sulfonamides is 1. The Labute approximate surface area is 273 Å². The van der Waals surface area contributed by atoms with E-state index in [4.69, 9.17) is 23.2 Å². The number of amides is 2. The molecule has 0 heterocycles. The molecular weight excluding hydrogens is 636 g/mol. The first-order chi connectivity index (χ1) is 21.5. The molecule has 2 amide bonds. The molecule has 1 N–H and O–H groups in total. The van der Waals surface area contributed by atoms with Crippen molar-refractivity contribution in [1.82, 2.24) is 10.2 Å². The molecule has 0 saturated heterocycles. The van der Waals surface area contributed by atoms with Gasteiger partial charge in [0.15, 0.2) is 0 Å². The SMILES string of the molecule is CCCNC(=O)[C@@H](Cc1ccccc1)N(Cc1ccccc1F)C(=O)CN(c1cc(Cl)cc(Cl)c1)S(=O)(=O)c1ccc(C)cc1. The fourth-order valence-electron chi connectivity index (χ4n) is 4.78. The van der Waals surface area contributed by atoms with Crippen LogP contribution in [0.2, 0.25) is 10.0 Å². The molecule has 0 radical (unpaired) electrons. The average molecular weight is 671 g/mol. The normalized spacial score (nSPS) is 11.9. The summed E-state index contributed by atoms with van der Waals surface area (Å²) in [6, 6.07) is 24.4. The van der Waals surface area contributed by atoms with Gasteiger partial charge < -0.3 is 10.2 Å². The molecule has 0 aromatic heterocycles. The van der Waals surface area contributed by atoms with E-state index in [2.05, 4.69) is 5.32 Å². The van der Waals surface area contributed by atoms with Crippen LogP contribution in [0.5, 0.6) is 0 Å². The molecule has 0 saturated carbocycles. The van der Waals surface area contributed by atoms with E-state index < -0.39 is 40.2 Å². The number of hydrogen-bond donors (Lipinski definition) is 1. The first-order valence-electron chi connectivity index (χ1n) is 14.4. The van der Waals surface area contributed by atoms with Gasteiger partial charge in [-0.2, -0.15) is 0 Å². The van der Waals surface area contributed by atoms with Crippen molar-refractivity contribution < 1.29 is 22.4 Å². The molecule has 1 atom stereocenters. The van der Waals surface area contributed by atoms with Crippen LogP contribution in [-0.2, 0) is 32.6 Å². The summed E-state index contributed by atoms with van der Waals surface area (Å²) in [5.41, 5.74) is 1.85. The van der Waals surface area contributed by atoms with E-state index in [1.165, 1.54) is 53.4 Å². The van der Waals surface area contributed by atoms with E-state index in [0.29, 0.717) is 13.0 Å². The number of carbonyl (C=O) groups excluding carboxylic acids is 2. The average Bonchev–Trinajstić information content (AvgIpc) is 3.01. The fraction of sp³-hybridized carbons (Fsp3) is 0.235. The smallest absolute Gasteiger partial charge is 0.264 e. The van der Waals surface area contributed by atoms with Crippen molar-refractivity contribution in [2.24, 2.45) is 0 Å². The molecule has 236 valence electrons. The minimum absolute atomic E-state index is 0.0563. The molecule has 0 bridgehead atoms. The molecule has 0 aliphatic heterocycles. The highest BCUT2D eigenvalue weighted by molar-refractivity contribution is 7.92. The Bertz CT molecular complexity index is 1720. The number of nitrogens with one attached hydrogen (secondary N) is 1. The van der Waals surface area contributed by atoms with Crippen LogP contribution < -0.4 is 9.62 Å². The highest BCUT2D eigenvalue weighted by atomic mass is 35.5. The van der Waals surface area contributed by atoms with E-state index >= 15 is 0 Å². The third-order valence-corrected chi connectivity index (χ3v) is 9.37. The number of nitrogens with zero attached hydrogens (tertiary/aromatic N) is 2. The molecule has 4 aromatic rings. The lowest BCUT2D eigenvalue weighted by Gasteiger charge is -2.34. The maximum Gasteiger partial charge on any atom is 0.264 e. The van der Waals surface area contributed by atoms with Gasteiger partial charge in [0.25, 0.3) is 10.0 Å². The monoisotopic (exact) mass is 669 g/mol. The van der Waals surface area contributed by atoms with Crippen molar-refractivity contribution in [3.05, 3.63) is 130 Å². The van der Waals surface area contributed by atoms with Gasteiger partial charge in [-0.25, -0.2) is 12.8 Å². The number of rotatable bonds is 13. The molecule has 4 rings (SSSR count). The zero-order chi connectivity index (χ0) is 32.6. The minimum atomic E-state index is -4.34. The van der Waals surface area contributed by atoms with Crippen molar-refractivity contribution in [2.75, 3.05) is 17.4 Å². The van der Waals surface area contributed by atoms with Crippen LogP contribution >= 0.6 is 23.2 Å². The number of carbonyl (C=O) groups is 2. The van der Waals surface area contributed by atoms with Crippen molar-refractivity contribution in [3.63, 3.8) is 0 Å². The van der Waals surface area contributed by atoms with Gasteiger partial charge in [0.05, 0.1) is 10.6 Å². The zero-order valence-electron chi connectivity index (χ0n) is 24.9. The van der Waals surface area contributed by atoms with Gasteiger partial charge in [-0.1, -0.05) is 96.4 Å². The Morgan fingerprint density at radius 1 is 0.889 bits per heavy atom. The summed E-state index contributed by atoms with van der Waals surface area (Å²) in [6.45, 7) is 3.09. The first kappa shape index (κ1) is 34.0. The van der Waals surface area contributed by atoms with Crippen LogP contribution in [0.3, 0.4) is 0 Å². The largest absolute Gasteiger partial charge is 0.354 e. The first-order valence-corrected chi connectivity index (χ1v) is 16.6. The highest BCUT2D eigenvalue weighted by Crippen LogP contribution is 2.30. The summed E-state index contributed by atoms with van der Waals surface area (Å²) >= 11 is 12.5. The molecule has 0 fully saturated rings. The van der Waals surface area contributed by atoms with Gasteiger partial charge in [0.1, 0.15) is 18.4 Å². The third kappa shape index (κ3) is 8.84. The van der Waals surface area contributed by atoms with E-state index in [1.807, 2.05) is 44.2 Å². The molecule has 0 spiro atoms. The summed E-state index contributed by atoms with van der Waals surface area (Å²) in [7, 11) is -4.34. The van der Waals surface area contributed by atoms with Crippen molar-refractivity contribution in [3.8, 4) is 0 Å². The third-order valence-electron chi connectivity index (χ3n) is 7.14. The summed E-state index contributed by atoms with van der Waals surface area (Å²) in [5, 5.41) is 3.19. The second-order valence-electron chi connectivity index (χ2n) is 10.6. The summed E-state index contributed by atoms with van der Waals surface area (Å²) in [4.78, 5) is 29.2. The van der Waals surface area contributed by atoms with Crippen LogP contribution in [0.15, 0.2) is 102 Å². The summed E-state index contributed by atoms with van der Waals surface area (Å²) < 4.78 is 44.1. The van der Waals surface area contributed by atoms with Gasteiger partial charge in [-0.3, -0.25) is 13.9 Å². The highest BCUT2D eigenvalue weighted by Gasteiger charge is 2.35. The molecular formula is C34H34Cl2FN3O4S. The molecule has 0 unspecified atom stereocenters. The zero-order valence-corrected chi connectivity index (χ0v) is 27.2. The summed E-state index contributed by atoms with van der Waals surface area (Å²) in [5.74, 6) is -1.73. The van der Waals surface area contributed by atoms with E-state index in [0.717, 1.165) is 15.4 Å². The minimum Gasteiger partial charge on any atom is -0.354 e. The number of aryl methyl sites for hydroxylation is 1. The molecule has 0 aliphatic carbocycles. The molecule has 0 aliphatic rings. The standard InChI is InChI=1S/C34H34Cl2FN3O4S/c1-3-17-38-34(42)32(18-25-9-5-4-6-10-25)39(22-26-11-7-8-12-31(26)37)33(41)23-40(29-20-27(35)19-28(36)21-29)45(43,44)30-15-13-24(2)14-16-30/h4-16,19-21,32H,3,17-18,22-23H2,1-2H3,(H,38,42)/t32-/m1/s1. The quantitative estimate of drug-likeness (QED) is 0.170. The Morgan fingerprint density at radius 3 is 2.13 bits per heavy atom. The van der Waals surface area contributed by atoms with Crippen LogP contribution in [0, 0.1) is 12.7 Å². The van der Waals surface area contributed by atoms with Gasteiger partial charge in [-0.05, 0) is 55.3 Å². The van der Waals surface area contributed by atoms with Crippen LogP contribution in [0.4, 0.5) is 10.1 Å². The van der Waals surface area contributed by atoms with Gasteiger partial charge >= 0.3 is 0 Å².